The molecule has 2 aromatic carbocycles. The van der Waals surface area contributed by atoms with Crippen molar-refractivity contribution >= 4 is 17.2 Å². The van der Waals surface area contributed by atoms with Gasteiger partial charge in [-0.15, -0.1) is 0 Å². The molecule has 2 aromatic rings. The van der Waals surface area contributed by atoms with Crippen LogP contribution in [0.1, 0.15) is 38.7 Å². The lowest BCUT2D eigenvalue weighted by atomic mass is 9.74. The molecule has 0 atom stereocenters. The Labute approximate surface area is 148 Å². The molecule has 0 amide bonds. The fraction of sp³-hybridized carbons (Fsp3) is 0.273. The van der Waals surface area contributed by atoms with E-state index in [2.05, 4.69) is 26.0 Å². The molecular weight excluding hydrogens is 308 g/mol. The summed E-state index contributed by atoms with van der Waals surface area (Å²) >= 11 is 0. The molecular formula is C22H22N2O. The monoisotopic (exact) mass is 330 g/mol. The fourth-order valence-electron chi connectivity index (χ4n) is 3.69. The van der Waals surface area contributed by atoms with E-state index in [1.807, 2.05) is 53.5 Å². The topological polar surface area (TPSA) is 32.7 Å². The van der Waals surface area contributed by atoms with Gasteiger partial charge in [0.2, 0.25) is 0 Å². The lowest BCUT2D eigenvalue weighted by Crippen LogP contribution is -2.36. The minimum absolute atomic E-state index is 0.0251. The number of nitrogens with zero attached hydrogens (tertiary/aromatic N) is 2. The molecule has 0 saturated carbocycles. The summed E-state index contributed by atoms with van der Waals surface area (Å²) in [5.41, 5.74) is 5.00. The van der Waals surface area contributed by atoms with Gasteiger partial charge in [0.1, 0.15) is 0 Å². The normalized spacial score (nSPS) is 19.5. The Morgan fingerprint density at radius 2 is 1.56 bits per heavy atom. The van der Waals surface area contributed by atoms with Crippen molar-refractivity contribution in [2.24, 2.45) is 10.5 Å². The number of anilines is 1. The Hall–Kier alpha value is -2.68. The molecule has 25 heavy (non-hydrogen) atoms. The highest BCUT2D eigenvalue weighted by Crippen LogP contribution is 2.43. The van der Waals surface area contributed by atoms with Gasteiger partial charge in [0.05, 0.1) is 17.1 Å². The molecule has 1 aliphatic heterocycles. The molecule has 3 heteroatoms. The first-order valence-corrected chi connectivity index (χ1v) is 8.77. The third-order valence-corrected chi connectivity index (χ3v) is 4.90. The Kier molecular flexibility index (Phi) is 3.79. The van der Waals surface area contributed by atoms with Crippen molar-refractivity contribution in [1.29, 1.82) is 0 Å². The SMILES string of the molecule is CC1(C)CC(=O)C2=C(C1)N(c1ccccc1)N=C(c1ccccc1)C2. The second kappa shape index (κ2) is 5.99. The summed E-state index contributed by atoms with van der Waals surface area (Å²) in [4.78, 5) is 12.9. The summed E-state index contributed by atoms with van der Waals surface area (Å²) in [6, 6.07) is 20.3. The van der Waals surface area contributed by atoms with Crippen LogP contribution in [0.3, 0.4) is 0 Å². The minimum Gasteiger partial charge on any atom is -0.294 e. The van der Waals surface area contributed by atoms with Crippen LogP contribution in [0, 0.1) is 5.41 Å². The van der Waals surface area contributed by atoms with Crippen LogP contribution in [0.5, 0.6) is 0 Å². The second-order valence-electron chi connectivity index (χ2n) is 7.60. The maximum absolute atomic E-state index is 12.9. The Morgan fingerprint density at radius 3 is 2.24 bits per heavy atom. The van der Waals surface area contributed by atoms with Gasteiger partial charge in [-0.25, -0.2) is 5.01 Å². The molecule has 126 valence electrons. The summed E-state index contributed by atoms with van der Waals surface area (Å²) in [6.45, 7) is 4.32. The largest absolute Gasteiger partial charge is 0.294 e. The number of allylic oxidation sites excluding steroid dienone is 2. The van der Waals surface area contributed by atoms with Gasteiger partial charge in [0.15, 0.2) is 5.78 Å². The highest BCUT2D eigenvalue weighted by atomic mass is 16.1. The summed E-state index contributed by atoms with van der Waals surface area (Å²) in [7, 11) is 0. The molecule has 3 nitrogen and oxygen atoms in total. The van der Waals surface area contributed by atoms with Gasteiger partial charge in [0, 0.05) is 18.4 Å². The molecule has 0 N–H and O–H groups in total. The Bertz CT molecular complexity index is 863. The highest BCUT2D eigenvalue weighted by molar-refractivity contribution is 6.11. The summed E-state index contributed by atoms with van der Waals surface area (Å²) in [6.07, 6.45) is 2.10. The predicted octanol–water partition coefficient (Wildman–Crippen LogP) is 4.94. The predicted molar refractivity (Wildman–Crippen MR) is 102 cm³/mol. The molecule has 0 bridgehead atoms. The van der Waals surface area contributed by atoms with Gasteiger partial charge in [-0.1, -0.05) is 62.4 Å². The molecule has 0 saturated heterocycles. The smallest absolute Gasteiger partial charge is 0.161 e. The lowest BCUT2D eigenvalue weighted by molar-refractivity contribution is -0.118. The average molecular weight is 330 g/mol. The van der Waals surface area contributed by atoms with Gasteiger partial charge >= 0.3 is 0 Å². The highest BCUT2D eigenvalue weighted by Gasteiger charge is 2.38. The van der Waals surface area contributed by atoms with Gasteiger partial charge in [-0.05, 0) is 29.5 Å². The van der Waals surface area contributed by atoms with E-state index in [0.717, 1.165) is 34.7 Å². The molecule has 0 radical (unpaired) electrons. The van der Waals surface area contributed by atoms with Crippen LogP contribution >= 0.6 is 0 Å². The van der Waals surface area contributed by atoms with Gasteiger partial charge in [0.25, 0.3) is 0 Å². The maximum Gasteiger partial charge on any atom is 0.161 e. The van der Waals surface area contributed by atoms with Crippen LogP contribution in [0.4, 0.5) is 5.69 Å². The van der Waals surface area contributed by atoms with Gasteiger partial charge < -0.3 is 0 Å². The van der Waals surface area contributed by atoms with E-state index in [1.165, 1.54) is 0 Å². The molecule has 1 heterocycles. The molecule has 0 fully saturated rings. The molecule has 0 unspecified atom stereocenters. The van der Waals surface area contributed by atoms with Crippen molar-refractivity contribution in [2.75, 3.05) is 5.01 Å². The van der Waals surface area contributed by atoms with E-state index in [9.17, 15) is 4.79 Å². The number of para-hydroxylation sites is 1. The number of carbonyl (C=O) groups is 1. The molecule has 4 rings (SSSR count). The van der Waals surface area contributed by atoms with Crippen molar-refractivity contribution < 1.29 is 4.79 Å². The number of benzene rings is 2. The zero-order valence-electron chi connectivity index (χ0n) is 14.7. The zero-order chi connectivity index (χ0) is 17.4. The third kappa shape index (κ3) is 3.02. The standard InChI is InChI=1S/C22H22N2O/c1-22(2)14-20-18(21(25)15-22)13-19(16-9-5-3-6-10-16)23-24(20)17-11-7-4-8-12-17/h3-12H,13-15H2,1-2H3. The number of Topliss-reactive ketones (excluding diaryl/α,β-unsaturated/α-hetero) is 1. The first-order valence-electron chi connectivity index (χ1n) is 8.77. The number of rotatable bonds is 2. The van der Waals surface area contributed by atoms with Crippen molar-refractivity contribution in [1.82, 2.24) is 0 Å². The lowest BCUT2D eigenvalue weighted by Gasteiger charge is -2.39. The van der Waals surface area contributed by atoms with Crippen LogP contribution in [0.2, 0.25) is 0 Å². The number of hydrazone groups is 1. The van der Waals surface area contributed by atoms with Crippen molar-refractivity contribution in [3.63, 3.8) is 0 Å². The van der Waals surface area contributed by atoms with Crippen molar-refractivity contribution in [2.45, 2.75) is 33.1 Å². The number of hydrogen-bond acceptors (Lipinski definition) is 3. The van der Waals surface area contributed by atoms with E-state index < -0.39 is 0 Å². The van der Waals surface area contributed by atoms with E-state index in [0.29, 0.717) is 12.8 Å². The van der Waals surface area contributed by atoms with Crippen LogP contribution in [0.15, 0.2) is 77.0 Å². The van der Waals surface area contributed by atoms with E-state index in [-0.39, 0.29) is 11.2 Å². The number of hydrogen-bond donors (Lipinski definition) is 0. The van der Waals surface area contributed by atoms with Gasteiger partial charge in [-0.2, -0.15) is 5.10 Å². The van der Waals surface area contributed by atoms with E-state index >= 15 is 0 Å². The summed E-state index contributed by atoms with van der Waals surface area (Å²) < 4.78 is 0. The zero-order valence-corrected chi connectivity index (χ0v) is 14.7. The first kappa shape index (κ1) is 15.8. The van der Waals surface area contributed by atoms with Crippen molar-refractivity contribution in [3.8, 4) is 0 Å². The van der Waals surface area contributed by atoms with Gasteiger partial charge in [-0.3, -0.25) is 4.79 Å². The maximum atomic E-state index is 12.9. The average Bonchev–Trinajstić information content (AvgIpc) is 2.62. The molecule has 2 aliphatic rings. The number of ketones is 1. The van der Waals surface area contributed by atoms with Crippen molar-refractivity contribution in [3.05, 3.63) is 77.5 Å². The fourth-order valence-corrected chi connectivity index (χ4v) is 3.69. The van der Waals surface area contributed by atoms with Crippen LogP contribution in [-0.4, -0.2) is 11.5 Å². The van der Waals surface area contributed by atoms with E-state index in [4.69, 9.17) is 5.10 Å². The molecule has 0 spiro atoms. The minimum atomic E-state index is -0.0251. The summed E-state index contributed by atoms with van der Waals surface area (Å²) in [5, 5.41) is 6.93. The van der Waals surface area contributed by atoms with E-state index in [1.54, 1.807) is 0 Å². The Balaban J connectivity index is 1.84. The summed E-state index contributed by atoms with van der Waals surface area (Å²) in [5.74, 6) is 0.260. The van der Waals surface area contributed by atoms with Crippen LogP contribution < -0.4 is 5.01 Å². The number of carbonyl (C=O) groups excluding carboxylic acids is 1. The molecule has 1 aliphatic carbocycles. The second-order valence-corrected chi connectivity index (χ2v) is 7.60. The molecule has 0 aromatic heterocycles. The quantitative estimate of drug-likeness (QED) is 0.781. The van der Waals surface area contributed by atoms with Crippen LogP contribution in [0.25, 0.3) is 0 Å². The Morgan fingerprint density at radius 1 is 0.920 bits per heavy atom. The third-order valence-electron chi connectivity index (χ3n) is 4.90. The van der Waals surface area contributed by atoms with Crippen LogP contribution in [-0.2, 0) is 4.79 Å². The first-order chi connectivity index (χ1) is 12.0.